The molecular weight excluding hydrogens is 436 g/mol. The first-order valence-corrected chi connectivity index (χ1v) is 12.5. The summed E-state index contributed by atoms with van der Waals surface area (Å²) < 4.78 is 2.35. The van der Waals surface area contributed by atoms with Crippen LogP contribution in [0.1, 0.15) is 31.9 Å². The predicted molar refractivity (Wildman–Crippen MR) is 155 cm³/mol. The second-order valence-corrected chi connectivity index (χ2v) is 9.96. The molecule has 0 saturated heterocycles. The van der Waals surface area contributed by atoms with Crippen molar-refractivity contribution in [2.75, 3.05) is 5.32 Å². The maximum Gasteiger partial charge on any atom is 0.0561 e. The monoisotopic (exact) mass is 466 g/mol. The summed E-state index contributed by atoms with van der Waals surface area (Å²) in [5.41, 5.74) is 10.8. The van der Waals surface area contributed by atoms with Crippen LogP contribution in [0.15, 0.2) is 121 Å². The quantitative estimate of drug-likeness (QED) is 0.273. The Morgan fingerprint density at radius 3 is 2.25 bits per heavy atom. The highest BCUT2D eigenvalue weighted by Crippen LogP contribution is 2.48. The molecule has 0 fully saturated rings. The fourth-order valence-electron chi connectivity index (χ4n) is 5.76. The molecule has 36 heavy (non-hydrogen) atoms. The SMILES string of the molecule is C=CC1=C(/C=C\C)C(C)(C)c2cc(Nc3ccc4c5ccccc5n(-c5ccccc5)c4c3)ccc21. The van der Waals surface area contributed by atoms with Gasteiger partial charge in [-0.05, 0) is 71.7 Å². The van der Waals surface area contributed by atoms with Gasteiger partial charge in [0.1, 0.15) is 0 Å². The lowest BCUT2D eigenvalue weighted by atomic mass is 9.81. The van der Waals surface area contributed by atoms with E-state index in [9.17, 15) is 0 Å². The molecule has 1 aliphatic rings. The molecule has 0 radical (unpaired) electrons. The third kappa shape index (κ3) is 3.33. The van der Waals surface area contributed by atoms with Crippen LogP contribution in [0.4, 0.5) is 11.4 Å². The average Bonchev–Trinajstić information content (AvgIpc) is 3.33. The Hall–Kier alpha value is -4.30. The summed E-state index contributed by atoms with van der Waals surface area (Å²) in [7, 11) is 0. The van der Waals surface area contributed by atoms with Crippen molar-refractivity contribution in [3.8, 4) is 5.69 Å². The molecule has 176 valence electrons. The first kappa shape index (κ1) is 22.2. The molecule has 0 saturated carbocycles. The van der Waals surface area contributed by atoms with Crippen molar-refractivity contribution >= 4 is 38.8 Å². The molecule has 1 aromatic heterocycles. The van der Waals surface area contributed by atoms with Crippen molar-refractivity contribution in [1.29, 1.82) is 0 Å². The van der Waals surface area contributed by atoms with Gasteiger partial charge in [-0.3, -0.25) is 0 Å². The molecule has 2 nitrogen and oxygen atoms in total. The number of hydrogen-bond acceptors (Lipinski definition) is 1. The van der Waals surface area contributed by atoms with E-state index in [1.165, 1.54) is 49.8 Å². The highest BCUT2D eigenvalue weighted by atomic mass is 15.0. The maximum absolute atomic E-state index is 4.10. The smallest absolute Gasteiger partial charge is 0.0561 e. The van der Waals surface area contributed by atoms with Gasteiger partial charge in [0, 0.05) is 33.2 Å². The zero-order chi connectivity index (χ0) is 24.9. The molecule has 1 N–H and O–H groups in total. The van der Waals surface area contributed by atoms with Gasteiger partial charge in [0.15, 0.2) is 0 Å². The highest BCUT2D eigenvalue weighted by Gasteiger charge is 2.35. The van der Waals surface area contributed by atoms with Gasteiger partial charge in [-0.25, -0.2) is 0 Å². The van der Waals surface area contributed by atoms with Crippen LogP contribution in [0.25, 0.3) is 33.1 Å². The van der Waals surface area contributed by atoms with E-state index in [-0.39, 0.29) is 5.41 Å². The molecule has 0 aliphatic heterocycles. The second kappa shape index (κ2) is 8.42. The normalized spacial score (nSPS) is 14.6. The van der Waals surface area contributed by atoms with Crippen LogP contribution in [0.3, 0.4) is 0 Å². The van der Waals surface area contributed by atoms with Crippen LogP contribution < -0.4 is 5.32 Å². The number of rotatable bonds is 5. The van der Waals surface area contributed by atoms with Crippen LogP contribution in [0, 0.1) is 0 Å². The molecule has 0 bridgehead atoms. The molecule has 1 heterocycles. The van der Waals surface area contributed by atoms with Crippen molar-refractivity contribution in [2.24, 2.45) is 0 Å². The number of aromatic nitrogens is 1. The van der Waals surface area contributed by atoms with E-state index in [4.69, 9.17) is 0 Å². The Balaban J connectivity index is 1.45. The van der Waals surface area contributed by atoms with Crippen LogP contribution in [-0.4, -0.2) is 4.57 Å². The van der Waals surface area contributed by atoms with E-state index >= 15 is 0 Å². The summed E-state index contributed by atoms with van der Waals surface area (Å²) in [5, 5.41) is 6.21. The third-order valence-corrected chi connectivity index (χ3v) is 7.46. The van der Waals surface area contributed by atoms with Gasteiger partial charge in [0.25, 0.3) is 0 Å². The van der Waals surface area contributed by atoms with E-state index < -0.39 is 0 Å². The molecule has 0 unspecified atom stereocenters. The molecule has 6 rings (SSSR count). The number of para-hydroxylation sites is 2. The molecule has 0 spiro atoms. The van der Waals surface area contributed by atoms with Gasteiger partial charge in [0.05, 0.1) is 11.0 Å². The second-order valence-electron chi connectivity index (χ2n) is 9.96. The van der Waals surface area contributed by atoms with Gasteiger partial charge in [-0.1, -0.05) is 87.2 Å². The van der Waals surface area contributed by atoms with Gasteiger partial charge >= 0.3 is 0 Å². The highest BCUT2D eigenvalue weighted by molar-refractivity contribution is 6.10. The minimum atomic E-state index is -0.0766. The molecular formula is C34H30N2. The fourth-order valence-corrected chi connectivity index (χ4v) is 5.76. The zero-order valence-corrected chi connectivity index (χ0v) is 21.0. The summed E-state index contributed by atoms with van der Waals surface area (Å²) >= 11 is 0. The van der Waals surface area contributed by atoms with Crippen molar-refractivity contribution < 1.29 is 0 Å². The third-order valence-electron chi connectivity index (χ3n) is 7.46. The Morgan fingerprint density at radius 2 is 1.47 bits per heavy atom. The van der Waals surface area contributed by atoms with E-state index in [2.05, 4.69) is 140 Å². The van der Waals surface area contributed by atoms with Gasteiger partial charge in [0.2, 0.25) is 0 Å². The first-order valence-electron chi connectivity index (χ1n) is 12.5. The standard InChI is InChI=1S/C34H30N2/c1-5-12-30-26(6-2)27-19-17-23(21-31(27)34(30,3)4)35-24-18-20-29-28-15-10-11-16-32(28)36(33(29)22-24)25-13-8-7-9-14-25/h5-22,35H,2H2,1,3-4H3/b12-5-. The summed E-state index contributed by atoms with van der Waals surface area (Å²) in [6.07, 6.45) is 6.33. The minimum absolute atomic E-state index is 0.0766. The van der Waals surface area contributed by atoms with Crippen LogP contribution in [-0.2, 0) is 5.41 Å². The van der Waals surface area contributed by atoms with E-state index in [0.29, 0.717) is 0 Å². The summed E-state index contributed by atoms with van der Waals surface area (Å²) in [5.74, 6) is 0. The number of anilines is 2. The van der Waals surface area contributed by atoms with Crippen LogP contribution in [0.5, 0.6) is 0 Å². The Labute approximate surface area is 212 Å². The number of allylic oxidation sites excluding steroid dienone is 5. The van der Waals surface area contributed by atoms with Gasteiger partial charge in [-0.2, -0.15) is 0 Å². The van der Waals surface area contributed by atoms with Crippen LogP contribution >= 0.6 is 0 Å². The number of benzene rings is 4. The molecule has 0 amide bonds. The molecule has 4 aromatic carbocycles. The van der Waals surface area contributed by atoms with Gasteiger partial charge in [-0.15, -0.1) is 0 Å². The van der Waals surface area contributed by atoms with Crippen molar-refractivity contribution in [3.63, 3.8) is 0 Å². The first-order chi connectivity index (χ1) is 17.5. The zero-order valence-electron chi connectivity index (χ0n) is 21.0. The largest absolute Gasteiger partial charge is 0.355 e. The van der Waals surface area contributed by atoms with Crippen LogP contribution in [0.2, 0.25) is 0 Å². The molecule has 2 heteroatoms. The Bertz CT molecular complexity index is 1690. The average molecular weight is 467 g/mol. The van der Waals surface area contributed by atoms with E-state index in [1.807, 2.05) is 6.08 Å². The van der Waals surface area contributed by atoms with Crippen molar-refractivity contribution in [2.45, 2.75) is 26.2 Å². The fraction of sp³-hybridized carbons (Fsp3) is 0.118. The molecule has 0 atom stereocenters. The van der Waals surface area contributed by atoms with Crippen molar-refractivity contribution in [1.82, 2.24) is 4.57 Å². The lowest BCUT2D eigenvalue weighted by Gasteiger charge is -2.23. The summed E-state index contributed by atoms with van der Waals surface area (Å²) in [6.45, 7) is 10.8. The molecule has 1 aliphatic carbocycles. The van der Waals surface area contributed by atoms with E-state index in [1.54, 1.807) is 0 Å². The lowest BCUT2D eigenvalue weighted by molar-refractivity contribution is 0.654. The summed E-state index contributed by atoms with van der Waals surface area (Å²) in [6, 6.07) is 32.6. The maximum atomic E-state index is 4.10. The number of fused-ring (bicyclic) bond motifs is 4. The van der Waals surface area contributed by atoms with Gasteiger partial charge < -0.3 is 9.88 Å². The molecule has 5 aromatic rings. The Morgan fingerprint density at radius 1 is 0.778 bits per heavy atom. The number of nitrogens with zero attached hydrogens (tertiary/aromatic N) is 1. The number of hydrogen-bond donors (Lipinski definition) is 1. The van der Waals surface area contributed by atoms with Crippen molar-refractivity contribution in [3.05, 3.63) is 133 Å². The van der Waals surface area contributed by atoms with E-state index in [0.717, 1.165) is 11.4 Å². The lowest BCUT2D eigenvalue weighted by Crippen LogP contribution is -2.16. The summed E-state index contributed by atoms with van der Waals surface area (Å²) in [4.78, 5) is 0. The minimum Gasteiger partial charge on any atom is -0.355 e. The topological polar surface area (TPSA) is 17.0 Å². The number of nitrogens with one attached hydrogen (secondary N) is 1. The Kier molecular flexibility index (Phi) is 5.19. The predicted octanol–water partition coefficient (Wildman–Crippen LogP) is 9.33.